The molecule has 0 aromatic heterocycles. The number of hydrogen-bond donors (Lipinski definition) is 1. The van der Waals surface area contributed by atoms with Crippen molar-refractivity contribution in [3.63, 3.8) is 0 Å². The Morgan fingerprint density at radius 2 is 1.82 bits per heavy atom. The first-order chi connectivity index (χ1) is 8.17. The van der Waals surface area contributed by atoms with Gasteiger partial charge in [-0.3, -0.25) is 0 Å². The zero-order chi connectivity index (χ0) is 12.7. The third kappa shape index (κ3) is 4.78. The molecule has 1 aromatic carbocycles. The molecule has 1 N–H and O–H groups in total. The zero-order valence-corrected chi connectivity index (χ0v) is 11.7. The van der Waals surface area contributed by atoms with Crippen molar-refractivity contribution in [3.8, 4) is 0 Å². The Morgan fingerprint density at radius 1 is 1.18 bits per heavy atom. The summed E-state index contributed by atoms with van der Waals surface area (Å²) in [7, 11) is 0. The number of nitrogens with one attached hydrogen (secondary N) is 1. The summed E-state index contributed by atoms with van der Waals surface area (Å²) in [4.78, 5) is 2.44. The summed E-state index contributed by atoms with van der Waals surface area (Å²) in [5.41, 5.74) is 2.66. The fraction of sp³-hybridized carbons (Fsp3) is 0.600. The van der Waals surface area contributed by atoms with Crippen LogP contribution >= 0.6 is 0 Å². The molecule has 2 nitrogen and oxygen atoms in total. The predicted octanol–water partition coefficient (Wildman–Crippen LogP) is 3.21. The maximum Gasteiger partial charge on any atom is 0.0366 e. The molecule has 0 aliphatic rings. The topological polar surface area (TPSA) is 15.3 Å². The van der Waals surface area contributed by atoms with Gasteiger partial charge in [-0.2, -0.15) is 0 Å². The summed E-state index contributed by atoms with van der Waals surface area (Å²) in [6.07, 6.45) is 1.19. The van der Waals surface area contributed by atoms with E-state index in [0.29, 0.717) is 6.04 Å². The van der Waals surface area contributed by atoms with Crippen molar-refractivity contribution in [2.75, 3.05) is 24.5 Å². The fourth-order valence-electron chi connectivity index (χ4n) is 2.03. The van der Waals surface area contributed by atoms with Crippen LogP contribution < -0.4 is 10.2 Å². The van der Waals surface area contributed by atoms with Crippen LogP contribution in [-0.4, -0.2) is 25.7 Å². The van der Waals surface area contributed by atoms with E-state index in [1.54, 1.807) is 0 Å². The summed E-state index contributed by atoms with van der Waals surface area (Å²) in [6.45, 7) is 12.0. The average molecular weight is 234 g/mol. The molecule has 0 saturated heterocycles. The number of anilines is 1. The number of benzene rings is 1. The van der Waals surface area contributed by atoms with Gasteiger partial charge in [0, 0.05) is 24.8 Å². The molecule has 0 aliphatic heterocycles. The van der Waals surface area contributed by atoms with Crippen molar-refractivity contribution in [1.82, 2.24) is 5.32 Å². The van der Waals surface area contributed by atoms with Gasteiger partial charge in [-0.1, -0.05) is 24.6 Å². The molecule has 0 aliphatic carbocycles. The monoisotopic (exact) mass is 234 g/mol. The second-order valence-electron chi connectivity index (χ2n) is 4.66. The minimum absolute atomic E-state index is 0.597. The van der Waals surface area contributed by atoms with Crippen LogP contribution in [-0.2, 0) is 0 Å². The van der Waals surface area contributed by atoms with Crippen LogP contribution in [0.5, 0.6) is 0 Å². The van der Waals surface area contributed by atoms with Crippen LogP contribution in [0.3, 0.4) is 0 Å². The maximum atomic E-state index is 3.46. The summed E-state index contributed by atoms with van der Waals surface area (Å²) in [5.74, 6) is 0. The lowest BCUT2D eigenvalue weighted by molar-refractivity contribution is 0.527. The number of nitrogens with zero attached hydrogens (tertiary/aromatic N) is 1. The molecule has 0 saturated carbocycles. The quantitative estimate of drug-likeness (QED) is 0.779. The van der Waals surface area contributed by atoms with Crippen LogP contribution in [0.2, 0.25) is 0 Å². The number of hydrogen-bond acceptors (Lipinski definition) is 2. The Morgan fingerprint density at radius 3 is 2.35 bits per heavy atom. The first-order valence-electron chi connectivity index (χ1n) is 6.72. The van der Waals surface area contributed by atoms with E-state index in [9.17, 15) is 0 Å². The van der Waals surface area contributed by atoms with Crippen LogP contribution in [0.15, 0.2) is 24.3 Å². The van der Waals surface area contributed by atoms with E-state index < -0.39 is 0 Å². The van der Waals surface area contributed by atoms with Crippen LogP contribution in [0.4, 0.5) is 5.69 Å². The number of rotatable bonds is 7. The Labute approximate surface area is 106 Å². The van der Waals surface area contributed by atoms with E-state index in [1.165, 1.54) is 17.7 Å². The minimum atomic E-state index is 0.597. The highest BCUT2D eigenvalue weighted by atomic mass is 15.1. The standard InChI is InChI=1S/C15H26N2/c1-5-16-14(4)11-12-17(6-2)15-9-7-13(3)8-10-15/h7-10,14,16H,5-6,11-12H2,1-4H3. The molecule has 1 rings (SSSR count). The van der Waals surface area contributed by atoms with Crippen molar-refractivity contribution >= 4 is 5.69 Å². The minimum Gasteiger partial charge on any atom is -0.372 e. The third-order valence-corrected chi connectivity index (χ3v) is 3.17. The van der Waals surface area contributed by atoms with E-state index in [0.717, 1.165) is 19.6 Å². The first kappa shape index (κ1) is 14.0. The highest BCUT2D eigenvalue weighted by Gasteiger charge is 2.06. The highest BCUT2D eigenvalue weighted by molar-refractivity contribution is 5.47. The van der Waals surface area contributed by atoms with E-state index in [1.807, 2.05) is 0 Å². The van der Waals surface area contributed by atoms with Gasteiger partial charge < -0.3 is 10.2 Å². The van der Waals surface area contributed by atoms with Crippen LogP contribution in [0.1, 0.15) is 32.8 Å². The van der Waals surface area contributed by atoms with Crippen molar-refractivity contribution in [3.05, 3.63) is 29.8 Å². The molecule has 1 unspecified atom stereocenters. The summed E-state index contributed by atoms with van der Waals surface area (Å²) in [6, 6.07) is 9.41. The second kappa shape index (κ2) is 7.33. The molecule has 0 radical (unpaired) electrons. The lowest BCUT2D eigenvalue weighted by Gasteiger charge is -2.25. The zero-order valence-electron chi connectivity index (χ0n) is 11.7. The van der Waals surface area contributed by atoms with Gasteiger partial charge in [0.2, 0.25) is 0 Å². The molecule has 2 heteroatoms. The van der Waals surface area contributed by atoms with Crippen molar-refractivity contribution in [2.24, 2.45) is 0 Å². The molecule has 0 heterocycles. The highest BCUT2D eigenvalue weighted by Crippen LogP contribution is 2.15. The van der Waals surface area contributed by atoms with Gasteiger partial charge in [-0.05, 0) is 45.9 Å². The lowest BCUT2D eigenvalue weighted by atomic mass is 10.2. The van der Waals surface area contributed by atoms with Gasteiger partial charge in [0.05, 0.1) is 0 Å². The van der Waals surface area contributed by atoms with Gasteiger partial charge in [-0.25, -0.2) is 0 Å². The Bertz CT molecular complexity index is 305. The van der Waals surface area contributed by atoms with Crippen LogP contribution in [0, 0.1) is 6.92 Å². The summed E-state index contributed by atoms with van der Waals surface area (Å²) < 4.78 is 0. The van der Waals surface area contributed by atoms with Crippen molar-refractivity contribution < 1.29 is 0 Å². The Kier molecular flexibility index (Phi) is 6.06. The second-order valence-corrected chi connectivity index (χ2v) is 4.66. The van der Waals surface area contributed by atoms with Gasteiger partial charge in [0.15, 0.2) is 0 Å². The fourth-order valence-corrected chi connectivity index (χ4v) is 2.03. The molecular weight excluding hydrogens is 208 g/mol. The lowest BCUT2D eigenvalue weighted by Crippen LogP contribution is -2.32. The molecule has 17 heavy (non-hydrogen) atoms. The van der Waals surface area contributed by atoms with Gasteiger partial charge in [-0.15, -0.1) is 0 Å². The van der Waals surface area contributed by atoms with E-state index in [4.69, 9.17) is 0 Å². The predicted molar refractivity (Wildman–Crippen MR) is 76.8 cm³/mol. The molecule has 0 fully saturated rings. The molecule has 0 amide bonds. The normalized spacial score (nSPS) is 12.5. The third-order valence-electron chi connectivity index (χ3n) is 3.17. The summed E-state index contributed by atoms with van der Waals surface area (Å²) in [5, 5.41) is 3.46. The largest absolute Gasteiger partial charge is 0.372 e. The smallest absolute Gasteiger partial charge is 0.0366 e. The van der Waals surface area contributed by atoms with E-state index in [2.05, 4.69) is 62.2 Å². The average Bonchev–Trinajstić information content (AvgIpc) is 2.32. The molecule has 0 bridgehead atoms. The summed E-state index contributed by atoms with van der Waals surface area (Å²) >= 11 is 0. The number of aryl methyl sites for hydroxylation is 1. The molecule has 96 valence electrons. The van der Waals surface area contributed by atoms with Crippen LogP contribution in [0.25, 0.3) is 0 Å². The van der Waals surface area contributed by atoms with E-state index >= 15 is 0 Å². The van der Waals surface area contributed by atoms with E-state index in [-0.39, 0.29) is 0 Å². The first-order valence-corrected chi connectivity index (χ1v) is 6.72. The van der Waals surface area contributed by atoms with Gasteiger partial charge in [0.1, 0.15) is 0 Å². The van der Waals surface area contributed by atoms with Crippen molar-refractivity contribution in [1.29, 1.82) is 0 Å². The van der Waals surface area contributed by atoms with Gasteiger partial charge >= 0.3 is 0 Å². The molecule has 1 aromatic rings. The Hall–Kier alpha value is -1.02. The van der Waals surface area contributed by atoms with Gasteiger partial charge in [0.25, 0.3) is 0 Å². The maximum absolute atomic E-state index is 3.46. The van der Waals surface area contributed by atoms with Crippen molar-refractivity contribution in [2.45, 2.75) is 40.2 Å². The molecule has 0 spiro atoms. The Balaban J connectivity index is 2.51. The molecular formula is C15H26N2. The molecule has 1 atom stereocenters. The SMILES string of the molecule is CCNC(C)CCN(CC)c1ccc(C)cc1.